The van der Waals surface area contributed by atoms with Crippen LogP contribution in [0.3, 0.4) is 0 Å². The molecule has 0 radical (unpaired) electrons. The Morgan fingerprint density at radius 2 is 1.80 bits per heavy atom. The molecular weight excluding hydrogens is 597 g/mol. The summed E-state index contributed by atoms with van der Waals surface area (Å²) in [5.74, 6) is 3.88. The summed E-state index contributed by atoms with van der Waals surface area (Å²) in [6.07, 6.45) is 8.78. The molecule has 2 amide bonds. The first-order chi connectivity index (χ1) is 21.4. The lowest BCUT2D eigenvalue weighted by Crippen LogP contribution is -2.41. The van der Waals surface area contributed by atoms with E-state index in [1.165, 1.54) is 24.2 Å². The van der Waals surface area contributed by atoms with Crippen LogP contribution in [0, 0.1) is 31.4 Å². The molecule has 3 rings (SSSR count). The number of nitrogens with zero attached hydrogens (tertiary/aromatic N) is 5. The number of hydrazone groups is 1. The molecule has 3 N–H and O–H groups in total. The summed E-state index contributed by atoms with van der Waals surface area (Å²) in [6.45, 7) is 8.12. The first-order valence-corrected chi connectivity index (χ1v) is 14.1. The number of carbonyl (C=O) groups is 1. The fraction of sp³-hybridized carbons (Fsp3) is 0.452. The van der Waals surface area contributed by atoms with Crippen molar-refractivity contribution < 1.29 is 31.5 Å². The summed E-state index contributed by atoms with van der Waals surface area (Å²) >= 11 is 0. The molecule has 45 heavy (non-hydrogen) atoms. The quantitative estimate of drug-likeness (QED) is 0.0826. The molecule has 0 bridgehead atoms. The molecule has 1 aromatic heterocycles. The highest BCUT2D eigenvalue weighted by Gasteiger charge is 2.33. The number of para-hydroxylation sites is 1. The summed E-state index contributed by atoms with van der Waals surface area (Å²) in [4.78, 5) is 26.3. The molecule has 2 heterocycles. The van der Waals surface area contributed by atoms with E-state index in [4.69, 9.17) is 10.6 Å². The van der Waals surface area contributed by atoms with E-state index < -0.39 is 35.2 Å². The van der Waals surface area contributed by atoms with E-state index in [1.807, 2.05) is 13.8 Å². The smallest absolute Gasteiger partial charge is 0.432 e. The van der Waals surface area contributed by atoms with Gasteiger partial charge >= 0.3 is 18.2 Å². The summed E-state index contributed by atoms with van der Waals surface area (Å²) < 4.78 is 69.3. The zero-order chi connectivity index (χ0) is 34.2. The first kappa shape index (κ1) is 38.5. The van der Waals surface area contributed by atoms with Crippen LogP contribution in [0.4, 0.5) is 32.4 Å². The van der Waals surface area contributed by atoms with Gasteiger partial charge in [-0.05, 0) is 58.2 Å². The summed E-state index contributed by atoms with van der Waals surface area (Å²) in [6, 6.07) is 3.14. The van der Waals surface area contributed by atoms with Gasteiger partial charge in [0.25, 0.3) is 0 Å². The Morgan fingerprint density at radius 3 is 2.29 bits per heavy atom. The average molecular weight is 638 g/mol. The lowest BCUT2D eigenvalue weighted by molar-refractivity contribution is -0.0579. The molecule has 14 heteroatoms. The van der Waals surface area contributed by atoms with Gasteiger partial charge in [0.05, 0.1) is 24.2 Å². The second-order valence-corrected chi connectivity index (χ2v) is 9.68. The van der Waals surface area contributed by atoms with E-state index in [1.54, 1.807) is 13.8 Å². The van der Waals surface area contributed by atoms with Gasteiger partial charge in [-0.1, -0.05) is 25.5 Å². The molecule has 9 nitrogen and oxygen atoms in total. The number of aryl methyl sites for hydroxylation is 1. The lowest BCUT2D eigenvalue weighted by Gasteiger charge is -2.32. The minimum atomic E-state index is -4.32. The number of terminal acetylenes is 1. The van der Waals surface area contributed by atoms with Crippen LogP contribution in [-0.4, -0.2) is 65.2 Å². The molecule has 1 aliphatic heterocycles. The van der Waals surface area contributed by atoms with Crippen LogP contribution in [0.5, 0.6) is 6.01 Å². The van der Waals surface area contributed by atoms with Crippen molar-refractivity contribution in [3.8, 4) is 18.9 Å². The van der Waals surface area contributed by atoms with Gasteiger partial charge in [-0.3, -0.25) is 4.99 Å². The molecular formula is C31H40F5N7O2. The molecule has 1 aliphatic rings. The number of benzene rings is 1. The van der Waals surface area contributed by atoms with Crippen LogP contribution in [0.15, 0.2) is 40.4 Å². The third-order valence-corrected chi connectivity index (χ3v) is 6.61. The molecule has 0 saturated carbocycles. The Labute approximate surface area is 260 Å². The third-order valence-electron chi connectivity index (χ3n) is 6.61. The van der Waals surface area contributed by atoms with Gasteiger partial charge in [0.2, 0.25) is 0 Å². The van der Waals surface area contributed by atoms with Crippen molar-refractivity contribution in [2.24, 2.45) is 15.9 Å². The number of nitrogens with one attached hydrogen (secondary N) is 1. The van der Waals surface area contributed by atoms with E-state index in [0.717, 1.165) is 35.9 Å². The number of hydrogen-bond donors (Lipinski definition) is 2. The van der Waals surface area contributed by atoms with Crippen molar-refractivity contribution in [3.05, 3.63) is 58.9 Å². The second kappa shape index (κ2) is 19.0. The molecule has 1 fully saturated rings. The number of urea groups is 1. The number of aliphatic imine (C=N–C) groups is 1. The van der Waals surface area contributed by atoms with Gasteiger partial charge in [0, 0.05) is 31.1 Å². The molecule has 0 aliphatic carbocycles. The number of alkyl halides is 3. The monoisotopic (exact) mass is 637 g/mol. The number of rotatable bonds is 8. The van der Waals surface area contributed by atoms with Gasteiger partial charge in [-0.2, -0.15) is 28.2 Å². The van der Waals surface area contributed by atoms with Crippen molar-refractivity contribution >= 4 is 23.1 Å². The Balaban J connectivity index is 0.000000570. The minimum Gasteiger partial charge on any atom is -0.467 e. The van der Waals surface area contributed by atoms with E-state index in [-0.39, 0.29) is 18.5 Å². The second-order valence-electron chi connectivity index (χ2n) is 9.68. The number of methoxy groups -OCH3 is 1. The number of allylic oxidation sites excluding steroid dienone is 2. The van der Waals surface area contributed by atoms with Crippen molar-refractivity contribution in [3.63, 3.8) is 0 Å². The highest BCUT2D eigenvalue weighted by atomic mass is 19.4. The molecule has 0 unspecified atom stereocenters. The van der Waals surface area contributed by atoms with Crippen LogP contribution in [0.2, 0.25) is 0 Å². The number of likely N-dealkylation sites (tertiary alicyclic amines) is 1. The average Bonchev–Trinajstić information content (AvgIpc) is 3.02. The maximum atomic E-state index is 13.8. The third kappa shape index (κ3) is 11.5. The van der Waals surface area contributed by atoms with E-state index in [0.29, 0.717) is 43.8 Å². The fourth-order valence-corrected chi connectivity index (χ4v) is 4.38. The summed E-state index contributed by atoms with van der Waals surface area (Å²) in [5, 5.41) is 6.11. The first-order valence-electron chi connectivity index (χ1n) is 14.1. The molecule has 246 valence electrons. The Bertz CT molecular complexity index is 1350. The van der Waals surface area contributed by atoms with Gasteiger partial charge in [-0.15, -0.1) is 12.8 Å². The van der Waals surface area contributed by atoms with Crippen LogP contribution in [-0.2, 0) is 0 Å². The van der Waals surface area contributed by atoms with E-state index in [9.17, 15) is 26.7 Å². The molecule has 1 aromatic carbocycles. The van der Waals surface area contributed by atoms with Gasteiger partial charge in [-0.25, -0.2) is 13.6 Å². The molecule has 0 atom stereocenters. The normalized spacial score (nSPS) is 14.3. The largest absolute Gasteiger partial charge is 0.467 e. The number of nitrogens with two attached hydrogens (primary N) is 1. The van der Waals surface area contributed by atoms with Crippen molar-refractivity contribution in [1.29, 1.82) is 0 Å². The number of ether oxygens (including phenoxy) is 1. The SMILES string of the molecule is C#C.C/C=C\C(=NCCCC)C(F)(F)F.COc1nc(C)c(/C(C)=N/N)c(C2CCN(C(=O)Nc3c(F)cccc3F)CC2)n1. The Morgan fingerprint density at radius 1 is 1.20 bits per heavy atom. The maximum absolute atomic E-state index is 13.8. The number of halogens is 5. The van der Waals surface area contributed by atoms with Gasteiger partial charge in [0.1, 0.15) is 23.0 Å². The fourth-order valence-electron chi connectivity index (χ4n) is 4.38. The lowest BCUT2D eigenvalue weighted by atomic mass is 9.89. The highest BCUT2D eigenvalue weighted by Crippen LogP contribution is 2.32. The standard InChI is InChI=1S/C20H24F2N6O2.C9H14F3N.C2H2/c1-11-16(12(2)27-23)17(25-19(24-11)30-3)13-7-9-28(10-8-13)20(29)26-18-14(21)5-4-6-15(18)22;1-3-5-7-13-8(6-4-2)9(10,11)12;1-2/h4-6,13H,7-10,23H2,1-3H3,(H,26,29);4,6H,3,5,7H2,1-2H3;1-2H/b27-12+;6-4-,13-8?;. The number of unbranched alkanes of at least 4 members (excludes halogenated alkanes) is 1. The van der Waals surface area contributed by atoms with E-state index >= 15 is 0 Å². The number of aromatic nitrogens is 2. The predicted octanol–water partition coefficient (Wildman–Crippen LogP) is 6.78. The zero-order valence-electron chi connectivity index (χ0n) is 26.1. The number of hydrogen-bond acceptors (Lipinski definition) is 7. The van der Waals surface area contributed by atoms with Crippen molar-refractivity contribution in [2.75, 3.05) is 32.1 Å². The van der Waals surface area contributed by atoms with Crippen LogP contribution < -0.4 is 15.9 Å². The van der Waals surface area contributed by atoms with Crippen molar-refractivity contribution in [1.82, 2.24) is 14.9 Å². The van der Waals surface area contributed by atoms with Gasteiger partial charge < -0.3 is 20.8 Å². The van der Waals surface area contributed by atoms with Crippen LogP contribution >= 0.6 is 0 Å². The molecule has 1 saturated heterocycles. The van der Waals surface area contributed by atoms with Crippen molar-refractivity contribution in [2.45, 2.75) is 65.5 Å². The summed E-state index contributed by atoms with van der Waals surface area (Å²) in [5.41, 5.74) is 1.63. The van der Waals surface area contributed by atoms with E-state index in [2.05, 4.69) is 38.2 Å². The van der Waals surface area contributed by atoms with Crippen LogP contribution in [0.25, 0.3) is 0 Å². The summed E-state index contributed by atoms with van der Waals surface area (Å²) in [7, 11) is 1.50. The Kier molecular flexibility index (Phi) is 16.2. The van der Waals surface area contributed by atoms with Gasteiger partial charge in [0.15, 0.2) is 0 Å². The molecule has 2 aromatic rings. The topological polar surface area (TPSA) is 118 Å². The number of amides is 2. The highest BCUT2D eigenvalue weighted by molar-refractivity contribution is 6.00. The minimum absolute atomic E-state index is 0.0292. The zero-order valence-corrected chi connectivity index (χ0v) is 26.1. The predicted molar refractivity (Wildman–Crippen MR) is 167 cm³/mol. The number of piperidine rings is 1. The maximum Gasteiger partial charge on any atom is 0.432 e. The van der Waals surface area contributed by atoms with Crippen LogP contribution in [0.1, 0.15) is 69.3 Å². The molecule has 0 spiro atoms. The Hall–Kier alpha value is -4.54. The number of anilines is 1. The number of carbonyl (C=O) groups excluding carboxylic acids is 1.